The number of hydrogen-bond acceptors (Lipinski definition) is 5. The van der Waals surface area contributed by atoms with Gasteiger partial charge in [0.25, 0.3) is 0 Å². The number of rotatable bonds is 19. The van der Waals surface area contributed by atoms with Gasteiger partial charge in [0.15, 0.2) is 0 Å². The average Bonchev–Trinajstić information content (AvgIpc) is 3.34. The van der Waals surface area contributed by atoms with Gasteiger partial charge in [0.05, 0.1) is 12.8 Å². The predicted octanol–water partition coefficient (Wildman–Crippen LogP) is 7.74. The molecule has 0 saturated heterocycles. The number of hydrogen-bond donors (Lipinski definition) is 3. The summed E-state index contributed by atoms with van der Waals surface area (Å²) in [6, 6.07) is 0. The van der Waals surface area contributed by atoms with Crippen LogP contribution in [0.1, 0.15) is 131 Å². The number of nitrogens with zero attached hydrogens (tertiary/aromatic N) is 1. The monoisotopic (exact) mass is 601 g/mol. The molecule has 0 spiro atoms. The molecule has 0 bridgehead atoms. The van der Waals surface area contributed by atoms with Crippen molar-refractivity contribution in [1.82, 2.24) is 10.2 Å². The average molecular weight is 601 g/mol. The van der Waals surface area contributed by atoms with Crippen LogP contribution in [0.2, 0.25) is 0 Å². The summed E-state index contributed by atoms with van der Waals surface area (Å²) >= 11 is 0. The summed E-state index contributed by atoms with van der Waals surface area (Å²) in [6.45, 7) is 19.3. The first kappa shape index (κ1) is 35.4. The molecule has 0 aromatic rings. The fraction of sp³-hybridized carbons (Fsp3) is 0.947. The van der Waals surface area contributed by atoms with Gasteiger partial charge in [-0.05, 0) is 150 Å². The van der Waals surface area contributed by atoms with Gasteiger partial charge in [0, 0.05) is 13.1 Å². The van der Waals surface area contributed by atoms with Gasteiger partial charge in [-0.3, -0.25) is 4.90 Å². The fourth-order valence-corrected chi connectivity index (χ4v) is 10.5. The van der Waals surface area contributed by atoms with Crippen LogP contribution in [0.4, 0.5) is 0 Å². The maximum atomic E-state index is 6.67. The molecular weight excluding hydrogens is 528 g/mol. The molecule has 0 aromatic heterocycles. The van der Waals surface area contributed by atoms with Gasteiger partial charge >= 0.3 is 0 Å². The Morgan fingerprint density at radius 3 is 2.42 bits per heavy atom. The van der Waals surface area contributed by atoms with Gasteiger partial charge in [-0.2, -0.15) is 0 Å². The highest BCUT2D eigenvalue weighted by atomic mass is 16.5. The number of fused-ring (bicyclic) bond motifs is 5. The van der Waals surface area contributed by atoms with E-state index in [0.717, 1.165) is 101 Å². The smallest absolute Gasteiger partial charge is 0.0994 e. The standard InChI is InChI=1S/C38H72N4O/c1-29(2)11-8-12-30(3)34-15-16-35-33-14-13-31-27-32(17-19-37(31,4)36(33)18-20-38(34,35)5)43-28-42(26-10-22-40)25-7-6-23-41-24-9-21-39/h13,29-30,32-36,41H,6-12,14-28,39-40H2,1-5H3/t30-,32+,33+,34-,35?,36?,37+,38-/m1/s1. The molecule has 4 aliphatic carbocycles. The molecule has 4 aliphatic rings. The first-order chi connectivity index (χ1) is 20.7. The van der Waals surface area contributed by atoms with E-state index in [-0.39, 0.29) is 0 Å². The largest absolute Gasteiger partial charge is 0.363 e. The summed E-state index contributed by atoms with van der Waals surface area (Å²) in [7, 11) is 0. The molecule has 8 atom stereocenters. The van der Waals surface area contributed by atoms with Crippen LogP contribution in [0, 0.1) is 46.3 Å². The molecule has 43 heavy (non-hydrogen) atoms. The molecule has 0 aromatic carbocycles. The van der Waals surface area contributed by atoms with Crippen molar-refractivity contribution in [2.45, 2.75) is 137 Å². The van der Waals surface area contributed by atoms with Gasteiger partial charge in [-0.1, -0.05) is 65.5 Å². The van der Waals surface area contributed by atoms with Crippen LogP contribution in [0.25, 0.3) is 0 Å². The van der Waals surface area contributed by atoms with Crippen molar-refractivity contribution in [3.63, 3.8) is 0 Å². The summed E-state index contributed by atoms with van der Waals surface area (Å²) < 4.78 is 6.67. The summed E-state index contributed by atoms with van der Waals surface area (Å²) in [5, 5.41) is 3.51. The summed E-state index contributed by atoms with van der Waals surface area (Å²) in [5.41, 5.74) is 14.2. The Balaban J connectivity index is 1.28. The van der Waals surface area contributed by atoms with Crippen LogP contribution in [-0.4, -0.2) is 57.0 Å². The van der Waals surface area contributed by atoms with Gasteiger partial charge in [0.2, 0.25) is 0 Å². The molecule has 0 heterocycles. The molecule has 4 rings (SSSR count). The highest BCUT2D eigenvalue weighted by Gasteiger charge is 2.59. The zero-order valence-corrected chi connectivity index (χ0v) is 29.2. The minimum Gasteiger partial charge on any atom is -0.363 e. The summed E-state index contributed by atoms with van der Waals surface area (Å²) in [6.07, 6.45) is 22.8. The minimum atomic E-state index is 0.380. The Bertz CT molecular complexity index is 846. The molecule has 0 aliphatic heterocycles. The van der Waals surface area contributed by atoms with Crippen molar-refractivity contribution < 1.29 is 4.74 Å². The maximum absolute atomic E-state index is 6.67. The molecule has 3 saturated carbocycles. The first-order valence-electron chi connectivity index (χ1n) is 18.9. The summed E-state index contributed by atoms with van der Waals surface area (Å²) in [5.74, 6) is 5.43. The van der Waals surface area contributed by atoms with Crippen molar-refractivity contribution in [3.8, 4) is 0 Å². The molecule has 5 N–H and O–H groups in total. The van der Waals surface area contributed by atoms with Crippen LogP contribution in [0.5, 0.6) is 0 Å². The van der Waals surface area contributed by atoms with Crippen LogP contribution < -0.4 is 16.8 Å². The second kappa shape index (κ2) is 16.9. The molecule has 0 amide bonds. The van der Waals surface area contributed by atoms with E-state index in [4.69, 9.17) is 16.2 Å². The number of nitrogens with one attached hydrogen (secondary N) is 1. The number of unbranched alkanes of at least 4 members (excludes halogenated alkanes) is 1. The number of ether oxygens (including phenoxy) is 1. The normalized spacial score (nSPS) is 34.6. The third-order valence-electron chi connectivity index (χ3n) is 13.1. The molecular formula is C38H72N4O. The fourth-order valence-electron chi connectivity index (χ4n) is 10.5. The van der Waals surface area contributed by atoms with Crippen LogP contribution in [-0.2, 0) is 4.74 Å². The first-order valence-corrected chi connectivity index (χ1v) is 18.9. The lowest BCUT2D eigenvalue weighted by Crippen LogP contribution is -2.51. The van der Waals surface area contributed by atoms with Crippen molar-refractivity contribution in [3.05, 3.63) is 11.6 Å². The lowest BCUT2D eigenvalue weighted by atomic mass is 9.47. The second-order valence-corrected chi connectivity index (χ2v) is 16.3. The van der Waals surface area contributed by atoms with E-state index in [0.29, 0.717) is 16.9 Å². The Morgan fingerprint density at radius 2 is 1.65 bits per heavy atom. The zero-order chi connectivity index (χ0) is 30.9. The van der Waals surface area contributed by atoms with E-state index in [1.807, 2.05) is 0 Å². The van der Waals surface area contributed by atoms with Gasteiger partial charge < -0.3 is 21.5 Å². The SMILES string of the molecule is CC(C)CCC[C@@H](C)[C@H]1CCC2[C@@H]3CC=C4C[C@@H](OCN(CCCN)CCCCNCCCN)CC[C@]4(C)C3CC[C@@]21C. The third kappa shape index (κ3) is 8.88. The van der Waals surface area contributed by atoms with Crippen LogP contribution in [0.15, 0.2) is 11.6 Å². The Kier molecular flexibility index (Phi) is 13.9. The lowest BCUT2D eigenvalue weighted by Gasteiger charge is -2.58. The number of allylic oxidation sites excluding steroid dienone is 1. The topological polar surface area (TPSA) is 76.5 Å². The van der Waals surface area contributed by atoms with Crippen molar-refractivity contribution >= 4 is 0 Å². The van der Waals surface area contributed by atoms with Crippen molar-refractivity contribution in [2.24, 2.45) is 57.8 Å². The predicted molar refractivity (Wildman–Crippen MR) is 184 cm³/mol. The van der Waals surface area contributed by atoms with Gasteiger partial charge in [0.1, 0.15) is 0 Å². The van der Waals surface area contributed by atoms with E-state index in [9.17, 15) is 0 Å². The highest BCUT2D eigenvalue weighted by Crippen LogP contribution is 2.67. The van der Waals surface area contributed by atoms with Crippen LogP contribution >= 0.6 is 0 Å². The molecule has 2 unspecified atom stereocenters. The second-order valence-electron chi connectivity index (χ2n) is 16.3. The van der Waals surface area contributed by atoms with E-state index >= 15 is 0 Å². The molecule has 0 radical (unpaired) electrons. The van der Waals surface area contributed by atoms with Gasteiger partial charge in [-0.15, -0.1) is 0 Å². The van der Waals surface area contributed by atoms with Crippen LogP contribution in [0.3, 0.4) is 0 Å². The maximum Gasteiger partial charge on any atom is 0.0994 e. The Morgan fingerprint density at radius 1 is 0.884 bits per heavy atom. The lowest BCUT2D eigenvalue weighted by molar-refractivity contribution is -0.0763. The highest BCUT2D eigenvalue weighted by molar-refractivity contribution is 5.25. The molecule has 250 valence electrons. The number of nitrogens with two attached hydrogens (primary N) is 2. The molecule has 3 fully saturated rings. The van der Waals surface area contributed by atoms with Crippen molar-refractivity contribution in [1.29, 1.82) is 0 Å². The summed E-state index contributed by atoms with van der Waals surface area (Å²) in [4.78, 5) is 2.51. The van der Waals surface area contributed by atoms with Gasteiger partial charge in [-0.25, -0.2) is 0 Å². The quantitative estimate of drug-likeness (QED) is 0.0803. The minimum absolute atomic E-state index is 0.380. The molecule has 5 heteroatoms. The third-order valence-corrected chi connectivity index (χ3v) is 13.1. The Labute approximate surface area is 267 Å². The molecule has 5 nitrogen and oxygen atoms in total. The van der Waals surface area contributed by atoms with E-state index in [1.54, 1.807) is 5.57 Å². The van der Waals surface area contributed by atoms with Crippen molar-refractivity contribution in [2.75, 3.05) is 46.0 Å². The van der Waals surface area contributed by atoms with E-state index in [1.165, 1.54) is 77.0 Å². The zero-order valence-electron chi connectivity index (χ0n) is 29.2. The van der Waals surface area contributed by atoms with E-state index < -0.39 is 0 Å². The Hall–Kier alpha value is -0.460. The van der Waals surface area contributed by atoms with E-state index in [2.05, 4.69) is 50.9 Å².